The Morgan fingerprint density at radius 1 is 1.47 bits per heavy atom. The number of thiophene rings is 1. The summed E-state index contributed by atoms with van der Waals surface area (Å²) >= 11 is 9.82. The van der Waals surface area contributed by atoms with Gasteiger partial charge in [0, 0.05) is 8.45 Å². The Morgan fingerprint density at radius 2 is 2.21 bits per heavy atom. The van der Waals surface area contributed by atoms with E-state index >= 15 is 0 Å². The molecule has 2 aromatic rings. The van der Waals surface area contributed by atoms with Gasteiger partial charge >= 0.3 is 0 Å². The third-order valence-corrected chi connectivity index (χ3v) is 5.61. The molecule has 0 saturated carbocycles. The van der Waals surface area contributed by atoms with Gasteiger partial charge in [0.15, 0.2) is 0 Å². The van der Waals surface area contributed by atoms with E-state index in [0.717, 1.165) is 37.4 Å². The average Bonchev–Trinajstić information content (AvgIpc) is 2.71. The Kier molecular flexibility index (Phi) is 4.71. The van der Waals surface area contributed by atoms with E-state index in [0.29, 0.717) is 10.6 Å². The van der Waals surface area contributed by atoms with Crippen LogP contribution in [-0.4, -0.2) is 0 Å². The third-order valence-electron chi connectivity index (χ3n) is 2.83. The van der Waals surface area contributed by atoms with Gasteiger partial charge in [-0.2, -0.15) is 5.26 Å². The van der Waals surface area contributed by atoms with Crippen LogP contribution >= 0.6 is 45.5 Å². The summed E-state index contributed by atoms with van der Waals surface area (Å²) in [5, 5.41) is 9.85. The van der Waals surface area contributed by atoms with E-state index in [2.05, 4.69) is 35.6 Å². The van der Waals surface area contributed by atoms with Gasteiger partial charge in [-0.3, -0.25) is 0 Å². The number of rotatable bonds is 3. The summed E-state index contributed by atoms with van der Waals surface area (Å²) < 4.78 is 1.02. The highest BCUT2D eigenvalue weighted by atomic mass is 127. The van der Waals surface area contributed by atoms with Crippen LogP contribution in [0.25, 0.3) is 10.4 Å². The molecule has 0 aliphatic heterocycles. The molecule has 1 aromatic heterocycles. The van der Waals surface area contributed by atoms with Gasteiger partial charge in [-0.1, -0.05) is 31.0 Å². The Balaban J connectivity index is 2.60. The normalized spacial score (nSPS) is 10.4. The maximum atomic E-state index is 9.12. The van der Waals surface area contributed by atoms with Crippen molar-refractivity contribution in [3.05, 3.63) is 37.2 Å². The van der Waals surface area contributed by atoms with Gasteiger partial charge in [-0.25, -0.2) is 0 Å². The van der Waals surface area contributed by atoms with Crippen molar-refractivity contribution >= 4 is 51.2 Å². The van der Waals surface area contributed by atoms with E-state index in [9.17, 15) is 0 Å². The number of benzene rings is 1. The number of hydrogen-bond acceptors (Lipinski definition) is 3. The van der Waals surface area contributed by atoms with Gasteiger partial charge in [-0.05, 0) is 52.3 Å². The van der Waals surface area contributed by atoms with Gasteiger partial charge in [0.05, 0.1) is 10.7 Å². The zero-order chi connectivity index (χ0) is 14.0. The maximum Gasteiger partial charge on any atom is 0.128 e. The molecule has 0 aliphatic rings. The first-order valence-corrected chi connectivity index (χ1v) is 8.12. The van der Waals surface area contributed by atoms with Crippen molar-refractivity contribution in [2.24, 2.45) is 0 Å². The molecule has 0 aliphatic carbocycles. The van der Waals surface area contributed by atoms with E-state index in [1.54, 1.807) is 0 Å². The Bertz CT molecular complexity index is 658. The van der Waals surface area contributed by atoms with Crippen molar-refractivity contribution in [1.29, 1.82) is 5.26 Å². The number of nitrogens with zero attached hydrogens (tertiary/aromatic N) is 1. The molecule has 0 bridgehead atoms. The lowest BCUT2D eigenvalue weighted by molar-refractivity contribution is 0.930. The molecule has 0 fully saturated rings. The summed E-state index contributed by atoms with van der Waals surface area (Å²) in [5.41, 5.74) is 8.79. The molecule has 2 nitrogen and oxygen atoms in total. The smallest absolute Gasteiger partial charge is 0.128 e. The second-order valence-corrected chi connectivity index (χ2v) is 6.73. The number of nitrogen functional groups attached to an aromatic ring is 1. The largest absolute Gasteiger partial charge is 0.397 e. The maximum absolute atomic E-state index is 9.12. The third kappa shape index (κ3) is 2.88. The first-order chi connectivity index (χ1) is 9.08. The van der Waals surface area contributed by atoms with E-state index in [1.165, 1.54) is 11.3 Å². The monoisotopic (exact) mass is 402 g/mol. The number of nitrogens with two attached hydrogens (primary N) is 1. The SMILES string of the molecule is CCCc1c(-c2ccc(I)c(Cl)c2)sc(C#N)c1N. The fraction of sp³-hybridized carbons (Fsp3) is 0.214. The van der Waals surface area contributed by atoms with Crippen LogP contribution < -0.4 is 5.73 Å². The summed E-state index contributed by atoms with van der Waals surface area (Å²) in [6, 6.07) is 8.12. The molecule has 0 saturated heterocycles. The number of hydrogen-bond donors (Lipinski definition) is 1. The first kappa shape index (κ1) is 14.6. The molecule has 2 rings (SSSR count). The van der Waals surface area contributed by atoms with Crippen molar-refractivity contribution in [2.75, 3.05) is 5.73 Å². The summed E-state index contributed by atoms with van der Waals surface area (Å²) in [6.07, 6.45) is 1.87. The van der Waals surface area contributed by atoms with Crippen LogP contribution in [0.2, 0.25) is 5.02 Å². The Morgan fingerprint density at radius 3 is 2.79 bits per heavy atom. The zero-order valence-electron chi connectivity index (χ0n) is 10.3. The lowest BCUT2D eigenvalue weighted by Crippen LogP contribution is -1.93. The van der Waals surface area contributed by atoms with Crippen LogP contribution in [0.1, 0.15) is 23.8 Å². The highest BCUT2D eigenvalue weighted by Gasteiger charge is 2.17. The van der Waals surface area contributed by atoms with Crippen molar-refractivity contribution in [1.82, 2.24) is 0 Å². The van der Waals surface area contributed by atoms with E-state index in [-0.39, 0.29) is 0 Å². The topological polar surface area (TPSA) is 49.8 Å². The van der Waals surface area contributed by atoms with E-state index in [1.807, 2.05) is 18.2 Å². The minimum absolute atomic E-state index is 0.591. The van der Waals surface area contributed by atoms with Gasteiger partial charge < -0.3 is 5.73 Å². The van der Waals surface area contributed by atoms with Crippen LogP contribution in [0.15, 0.2) is 18.2 Å². The van der Waals surface area contributed by atoms with Crippen molar-refractivity contribution in [2.45, 2.75) is 19.8 Å². The average molecular weight is 403 g/mol. The van der Waals surface area contributed by atoms with Crippen LogP contribution in [0.5, 0.6) is 0 Å². The molecule has 19 heavy (non-hydrogen) atoms. The number of nitriles is 1. The molecule has 2 N–H and O–H groups in total. The van der Waals surface area contributed by atoms with Gasteiger partial charge in [-0.15, -0.1) is 11.3 Å². The molecular formula is C14H12ClIN2S. The van der Waals surface area contributed by atoms with E-state index in [4.69, 9.17) is 22.6 Å². The standard InChI is InChI=1S/C14H12ClIN2S/c1-2-3-9-13(18)12(7-17)19-14(9)8-4-5-11(16)10(15)6-8/h4-6H,2-3,18H2,1H3. The molecule has 1 heterocycles. The first-order valence-electron chi connectivity index (χ1n) is 5.85. The van der Waals surface area contributed by atoms with Crippen LogP contribution in [-0.2, 0) is 6.42 Å². The highest BCUT2D eigenvalue weighted by Crippen LogP contribution is 2.40. The predicted molar refractivity (Wildman–Crippen MR) is 90.6 cm³/mol. The summed E-state index contributed by atoms with van der Waals surface area (Å²) in [5.74, 6) is 0. The second kappa shape index (κ2) is 6.12. The number of anilines is 1. The molecule has 1 aromatic carbocycles. The Labute approximate surface area is 135 Å². The molecule has 5 heteroatoms. The second-order valence-electron chi connectivity index (χ2n) is 4.14. The van der Waals surface area contributed by atoms with Crippen molar-refractivity contribution in [3.8, 4) is 16.5 Å². The minimum atomic E-state index is 0.591. The van der Waals surface area contributed by atoms with Crippen LogP contribution in [0.3, 0.4) is 0 Å². The predicted octanol–water partition coefficient (Wildman–Crippen LogP) is 5.08. The molecule has 0 radical (unpaired) electrons. The van der Waals surface area contributed by atoms with Gasteiger partial charge in [0.25, 0.3) is 0 Å². The number of halogens is 2. The van der Waals surface area contributed by atoms with Crippen LogP contribution in [0.4, 0.5) is 5.69 Å². The molecular weight excluding hydrogens is 391 g/mol. The lowest BCUT2D eigenvalue weighted by Gasteiger charge is -2.05. The molecule has 0 spiro atoms. The van der Waals surface area contributed by atoms with E-state index < -0.39 is 0 Å². The fourth-order valence-corrected chi connectivity index (χ4v) is 3.51. The molecule has 0 atom stereocenters. The zero-order valence-corrected chi connectivity index (χ0v) is 14.1. The molecule has 0 unspecified atom stereocenters. The molecule has 98 valence electrons. The molecule has 0 amide bonds. The Hall–Kier alpha value is -0.770. The van der Waals surface area contributed by atoms with Gasteiger partial charge in [0.1, 0.15) is 10.9 Å². The summed E-state index contributed by atoms with van der Waals surface area (Å²) in [7, 11) is 0. The minimum Gasteiger partial charge on any atom is -0.397 e. The van der Waals surface area contributed by atoms with Crippen molar-refractivity contribution in [3.63, 3.8) is 0 Å². The van der Waals surface area contributed by atoms with Gasteiger partial charge in [0.2, 0.25) is 0 Å². The van der Waals surface area contributed by atoms with Crippen LogP contribution in [0, 0.1) is 14.9 Å². The highest BCUT2D eigenvalue weighted by molar-refractivity contribution is 14.1. The fourth-order valence-electron chi connectivity index (χ4n) is 1.93. The summed E-state index contributed by atoms with van der Waals surface area (Å²) in [6.45, 7) is 2.11. The van der Waals surface area contributed by atoms with Crippen molar-refractivity contribution < 1.29 is 0 Å². The quantitative estimate of drug-likeness (QED) is 0.728. The summed E-state index contributed by atoms with van der Waals surface area (Å²) in [4.78, 5) is 1.65. The lowest BCUT2D eigenvalue weighted by atomic mass is 10.0.